The Hall–Kier alpha value is -2.75. The van der Waals surface area contributed by atoms with Gasteiger partial charge in [-0.05, 0) is 43.2 Å². The zero-order valence-electron chi connectivity index (χ0n) is 16.0. The standard InChI is InChI=1S/C19H19ClN4O4S/c1-11-5-7-15(20)9-16(11)23-18(25)10-21-29(26,27)17-8-14(6-4-12(17)2)19-22-13(3)28-24-19/h4-9,21H,10H2,1-3H3,(H,23,25). The van der Waals surface area contributed by atoms with E-state index < -0.39 is 22.5 Å². The summed E-state index contributed by atoms with van der Waals surface area (Å²) in [5.41, 5.74) is 2.34. The summed E-state index contributed by atoms with van der Waals surface area (Å²) in [7, 11) is -3.94. The highest BCUT2D eigenvalue weighted by atomic mass is 35.5. The molecule has 0 aliphatic heterocycles. The van der Waals surface area contributed by atoms with E-state index >= 15 is 0 Å². The highest BCUT2D eigenvalue weighted by Gasteiger charge is 2.20. The lowest BCUT2D eigenvalue weighted by Gasteiger charge is -2.12. The fourth-order valence-electron chi connectivity index (χ4n) is 2.61. The lowest BCUT2D eigenvalue weighted by atomic mass is 10.1. The maximum Gasteiger partial charge on any atom is 0.241 e. The molecule has 0 saturated carbocycles. The van der Waals surface area contributed by atoms with E-state index in [2.05, 4.69) is 20.2 Å². The number of hydrogen-bond acceptors (Lipinski definition) is 6. The normalized spacial score (nSPS) is 11.4. The van der Waals surface area contributed by atoms with Crippen LogP contribution in [-0.2, 0) is 14.8 Å². The van der Waals surface area contributed by atoms with Crippen LogP contribution in [0.3, 0.4) is 0 Å². The largest absolute Gasteiger partial charge is 0.339 e. The Morgan fingerprint density at radius 2 is 1.83 bits per heavy atom. The molecule has 0 bridgehead atoms. The van der Waals surface area contributed by atoms with E-state index in [9.17, 15) is 13.2 Å². The van der Waals surface area contributed by atoms with Crippen molar-refractivity contribution >= 4 is 33.2 Å². The number of rotatable bonds is 6. The summed E-state index contributed by atoms with van der Waals surface area (Å²) in [4.78, 5) is 16.4. The van der Waals surface area contributed by atoms with Gasteiger partial charge in [0.2, 0.25) is 27.6 Å². The van der Waals surface area contributed by atoms with Crippen LogP contribution in [0.15, 0.2) is 45.8 Å². The summed E-state index contributed by atoms with van der Waals surface area (Å²) in [5.74, 6) is 0.144. The van der Waals surface area contributed by atoms with Gasteiger partial charge in [0, 0.05) is 23.2 Å². The van der Waals surface area contributed by atoms with Crippen LogP contribution >= 0.6 is 11.6 Å². The number of sulfonamides is 1. The molecule has 0 spiro atoms. The number of aryl methyl sites for hydroxylation is 3. The minimum atomic E-state index is -3.94. The van der Waals surface area contributed by atoms with E-state index in [1.165, 1.54) is 6.07 Å². The van der Waals surface area contributed by atoms with Crippen LogP contribution in [0.4, 0.5) is 5.69 Å². The van der Waals surface area contributed by atoms with E-state index in [-0.39, 0.29) is 10.7 Å². The van der Waals surface area contributed by atoms with Gasteiger partial charge in [-0.2, -0.15) is 4.98 Å². The second-order valence-electron chi connectivity index (χ2n) is 6.45. The molecule has 0 fully saturated rings. The van der Waals surface area contributed by atoms with Crippen molar-refractivity contribution in [3.05, 3.63) is 58.4 Å². The molecule has 1 heterocycles. The van der Waals surface area contributed by atoms with Crippen molar-refractivity contribution < 1.29 is 17.7 Å². The van der Waals surface area contributed by atoms with Gasteiger partial charge in [0.05, 0.1) is 11.4 Å². The van der Waals surface area contributed by atoms with Crippen LogP contribution in [-0.4, -0.2) is 31.0 Å². The highest BCUT2D eigenvalue weighted by molar-refractivity contribution is 7.89. The van der Waals surface area contributed by atoms with Crippen LogP contribution < -0.4 is 10.0 Å². The average molecular weight is 435 g/mol. The molecule has 29 heavy (non-hydrogen) atoms. The monoisotopic (exact) mass is 434 g/mol. The van der Waals surface area contributed by atoms with Crippen molar-refractivity contribution in [3.63, 3.8) is 0 Å². The van der Waals surface area contributed by atoms with Gasteiger partial charge >= 0.3 is 0 Å². The molecule has 8 nitrogen and oxygen atoms in total. The van der Waals surface area contributed by atoms with Gasteiger partial charge in [-0.1, -0.05) is 35.0 Å². The van der Waals surface area contributed by atoms with Gasteiger partial charge in [0.15, 0.2) is 0 Å². The van der Waals surface area contributed by atoms with Crippen molar-refractivity contribution in [3.8, 4) is 11.4 Å². The number of carbonyl (C=O) groups is 1. The Kier molecular flexibility index (Phi) is 6.02. The zero-order chi connectivity index (χ0) is 21.2. The van der Waals surface area contributed by atoms with Crippen molar-refractivity contribution in [1.29, 1.82) is 0 Å². The topological polar surface area (TPSA) is 114 Å². The number of amides is 1. The second-order valence-corrected chi connectivity index (χ2v) is 8.62. The second kappa shape index (κ2) is 8.32. The molecule has 152 valence electrons. The fourth-order valence-corrected chi connectivity index (χ4v) is 4.03. The van der Waals surface area contributed by atoms with Gasteiger partial charge in [0.25, 0.3) is 0 Å². The van der Waals surface area contributed by atoms with E-state index in [1.54, 1.807) is 44.2 Å². The first kappa shape index (κ1) is 21.0. The van der Waals surface area contributed by atoms with Crippen LogP contribution in [0.25, 0.3) is 11.4 Å². The molecular formula is C19H19ClN4O4S. The van der Waals surface area contributed by atoms with Gasteiger partial charge in [0.1, 0.15) is 0 Å². The summed E-state index contributed by atoms with van der Waals surface area (Å²) in [6, 6.07) is 9.86. The predicted octanol–water partition coefficient (Wildman–Crippen LogP) is 3.23. The lowest BCUT2D eigenvalue weighted by molar-refractivity contribution is -0.115. The Labute approximate surface area is 173 Å². The molecule has 0 atom stereocenters. The maximum absolute atomic E-state index is 12.7. The van der Waals surface area contributed by atoms with Gasteiger partial charge in [-0.3, -0.25) is 4.79 Å². The van der Waals surface area contributed by atoms with E-state index in [0.717, 1.165) is 5.56 Å². The number of aromatic nitrogens is 2. The van der Waals surface area contributed by atoms with E-state index in [0.29, 0.717) is 27.7 Å². The molecule has 0 unspecified atom stereocenters. The van der Waals surface area contributed by atoms with Crippen LogP contribution in [0.5, 0.6) is 0 Å². The number of carbonyl (C=O) groups excluding carboxylic acids is 1. The predicted molar refractivity (Wildman–Crippen MR) is 109 cm³/mol. The quantitative estimate of drug-likeness (QED) is 0.615. The maximum atomic E-state index is 12.7. The fraction of sp³-hybridized carbons (Fsp3) is 0.211. The Bertz CT molecular complexity index is 1170. The van der Waals surface area contributed by atoms with Crippen molar-refractivity contribution in [2.24, 2.45) is 0 Å². The zero-order valence-corrected chi connectivity index (χ0v) is 17.6. The third-order valence-corrected chi connectivity index (χ3v) is 5.94. The minimum Gasteiger partial charge on any atom is -0.339 e. The average Bonchev–Trinajstić information content (AvgIpc) is 3.10. The minimum absolute atomic E-state index is 0.0317. The molecule has 2 N–H and O–H groups in total. The summed E-state index contributed by atoms with van der Waals surface area (Å²) in [5, 5.41) is 6.91. The van der Waals surface area contributed by atoms with E-state index in [4.69, 9.17) is 16.1 Å². The number of nitrogens with zero attached hydrogens (tertiary/aromatic N) is 2. The molecule has 1 aromatic heterocycles. The Morgan fingerprint density at radius 1 is 1.10 bits per heavy atom. The van der Waals surface area contributed by atoms with Crippen LogP contribution in [0.1, 0.15) is 17.0 Å². The van der Waals surface area contributed by atoms with Crippen molar-refractivity contribution in [2.45, 2.75) is 25.7 Å². The van der Waals surface area contributed by atoms with Gasteiger partial charge in [-0.15, -0.1) is 0 Å². The van der Waals surface area contributed by atoms with Crippen LogP contribution in [0, 0.1) is 20.8 Å². The molecule has 3 rings (SSSR count). The lowest BCUT2D eigenvalue weighted by Crippen LogP contribution is -2.33. The molecule has 1 amide bonds. The number of anilines is 1. The number of hydrogen-bond donors (Lipinski definition) is 2. The van der Waals surface area contributed by atoms with Crippen molar-refractivity contribution in [2.75, 3.05) is 11.9 Å². The highest BCUT2D eigenvalue weighted by Crippen LogP contribution is 2.23. The first-order valence-corrected chi connectivity index (χ1v) is 10.5. The smallest absolute Gasteiger partial charge is 0.241 e. The van der Waals surface area contributed by atoms with E-state index in [1.807, 2.05) is 6.92 Å². The first-order valence-electron chi connectivity index (χ1n) is 8.63. The summed E-state index contributed by atoms with van der Waals surface area (Å²) >= 11 is 5.93. The third kappa shape index (κ3) is 5.00. The number of halogens is 1. The molecule has 0 aliphatic carbocycles. The SMILES string of the molecule is Cc1nc(-c2ccc(C)c(S(=O)(=O)NCC(=O)Nc3cc(Cl)ccc3C)c2)no1. The molecule has 0 saturated heterocycles. The molecule has 3 aromatic rings. The molecule has 10 heteroatoms. The molecule has 2 aromatic carbocycles. The molecule has 0 aliphatic rings. The Balaban J connectivity index is 1.75. The van der Waals surface area contributed by atoms with Crippen LogP contribution in [0.2, 0.25) is 5.02 Å². The molecule has 0 radical (unpaired) electrons. The molecular weight excluding hydrogens is 416 g/mol. The van der Waals surface area contributed by atoms with Gasteiger partial charge in [-0.25, -0.2) is 13.1 Å². The number of nitrogens with one attached hydrogen (secondary N) is 2. The third-order valence-electron chi connectivity index (χ3n) is 4.16. The van der Waals surface area contributed by atoms with Gasteiger partial charge < -0.3 is 9.84 Å². The Morgan fingerprint density at radius 3 is 2.52 bits per heavy atom. The summed E-state index contributed by atoms with van der Waals surface area (Å²) in [6.45, 7) is 4.68. The number of benzene rings is 2. The summed E-state index contributed by atoms with van der Waals surface area (Å²) < 4.78 is 32.7. The summed E-state index contributed by atoms with van der Waals surface area (Å²) in [6.07, 6.45) is 0. The first-order chi connectivity index (χ1) is 13.7. The van der Waals surface area contributed by atoms with Crippen molar-refractivity contribution in [1.82, 2.24) is 14.9 Å².